The van der Waals surface area contributed by atoms with E-state index in [1.807, 2.05) is 0 Å². The van der Waals surface area contributed by atoms with Crippen molar-refractivity contribution in [1.29, 1.82) is 0 Å². The van der Waals surface area contributed by atoms with Gasteiger partial charge in [0.2, 0.25) is 0 Å². The van der Waals surface area contributed by atoms with Gasteiger partial charge in [-0.25, -0.2) is 9.07 Å². The second-order valence-corrected chi connectivity index (χ2v) is 5.51. The Kier molecular flexibility index (Phi) is 5.17. The number of halogens is 1. The molecule has 0 unspecified atom stereocenters. The molecule has 1 amide bonds. The van der Waals surface area contributed by atoms with E-state index in [0.29, 0.717) is 22.7 Å². The van der Waals surface area contributed by atoms with Gasteiger partial charge in [0.15, 0.2) is 0 Å². The lowest BCUT2D eigenvalue weighted by Crippen LogP contribution is -2.22. The number of nitrogens with one attached hydrogen (secondary N) is 1. The number of hydrogen-bond acceptors (Lipinski definition) is 4. The first-order valence-electron chi connectivity index (χ1n) is 7.90. The molecule has 0 bridgehead atoms. The van der Waals surface area contributed by atoms with Crippen LogP contribution in [0.25, 0.3) is 5.69 Å². The van der Waals surface area contributed by atoms with Crippen LogP contribution in [0.4, 0.5) is 4.39 Å². The maximum absolute atomic E-state index is 13.0. The van der Waals surface area contributed by atoms with E-state index in [1.54, 1.807) is 50.7 Å². The van der Waals surface area contributed by atoms with E-state index in [1.165, 1.54) is 23.0 Å². The van der Waals surface area contributed by atoms with Crippen LogP contribution in [0.1, 0.15) is 15.9 Å². The first kappa shape index (κ1) is 17.5. The summed E-state index contributed by atoms with van der Waals surface area (Å²) < 4.78 is 25.0. The molecule has 1 N–H and O–H groups in total. The lowest BCUT2D eigenvalue weighted by molar-refractivity contribution is 0.0950. The van der Waals surface area contributed by atoms with Crippen LogP contribution < -0.4 is 14.8 Å². The molecule has 0 aliphatic carbocycles. The maximum atomic E-state index is 13.0. The molecule has 0 saturated carbocycles. The van der Waals surface area contributed by atoms with Gasteiger partial charge >= 0.3 is 0 Å². The summed E-state index contributed by atoms with van der Waals surface area (Å²) >= 11 is 0. The summed E-state index contributed by atoms with van der Waals surface area (Å²) in [5, 5.41) is 6.97. The zero-order valence-corrected chi connectivity index (χ0v) is 14.4. The van der Waals surface area contributed by atoms with Crippen LogP contribution in [-0.2, 0) is 6.54 Å². The Labute approximate surface area is 150 Å². The molecule has 0 atom stereocenters. The molecule has 7 heteroatoms. The molecule has 134 valence electrons. The molecule has 1 aromatic heterocycles. The van der Waals surface area contributed by atoms with Gasteiger partial charge in [0.25, 0.3) is 5.91 Å². The topological polar surface area (TPSA) is 65.4 Å². The number of aromatic nitrogens is 2. The smallest absolute Gasteiger partial charge is 0.254 e. The summed E-state index contributed by atoms with van der Waals surface area (Å²) in [5.74, 6) is 0.738. The minimum atomic E-state index is -0.328. The number of benzene rings is 2. The zero-order valence-electron chi connectivity index (χ0n) is 14.4. The summed E-state index contributed by atoms with van der Waals surface area (Å²) in [6.07, 6.45) is 3.05. The van der Waals surface area contributed by atoms with Crippen molar-refractivity contribution in [2.45, 2.75) is 6.54 Å². The van der Waals surface area contributed by atoms with Crippen molar-refractivity contribution >= 4 is 5.91 Å². The predicted molar refractivity (Wildman–Crippen MR) is 94.2 cm³/mol. The van der Waals surface area contributed by atoms with Crippen LogP contribution in [0.15, 0.2) is 54.9 Å². The minimum absolute atomic E-state index is 0.275. The van der Waals surface area contributed by atoms with Crippen LogP contribution in [0.5, 0.6) is 11.5 Å². The molecule has 0 radical (unpaired) electrons. The van der Waals surface area contributed by atoms with Crippen molar-refractivity contribution in [3.8, 4) is 17.2 Å². The Morgan fingerprint density at radius 3 is 2.62 bits per heavy atom. The number of rotatable bonds is 6. The largest absolute Gasteiger partial charge is 0.497 e. The van der Waals surface area contributed by atoms with Gasteiger partial charge in [-0.05, 0) is 42.5 Å². The first-order valence-corrected chi connectivity index (χ1v) is 7.90. The molecule has 26 heavy (non-hydrogen) atoms. The average Bonchev–Trinajstić information content (AvgIpc) is 3.16. The van der Waals surface area contributed by atoms with Gasteiger partial charge in [-0.1, -0.05) is 0 Å². The second-order valence-electron chi connectivity index (χ2n) is 5.51. The number of hydrogen-bond donors (Lipinski definition) is 1. The van der Waals surface area contributed by atoms with Crippen molar-refractivity contribution in [3.63, 3.8) is 0 Å². The molecule has 3 aromatic rings. The molecule has 0 aliphatic rings. The third-order valence-corrected chi connectivity index (χ3v) is 3.86. The van der Waals surface area contributed by atoms with E-state index in [9.17, 15) is 9.18 Å². The third kappa shape index (κ3) is 3.83. The fourth-order valence-electron chi connectivity index (χ4n) is 2.47. The fraction of sp³-hybridized carbons (Fsp3) is 0.158. The van der Waals surface area contributed by atoms with Crippen LogP contribution in [-0.4, -0.2) is 29.9 Å². The minimum Gasteiger partial charge on any atom is -0.497 e. The molecule has 0 saturated heterocycles. The van der Waals surface area contributed by atoms with Gasteiger partial charge in [-0.15, -0.1) is 0 Å². The van der Waals surface area contributed by atoms with Crippen molar-refractivity contribution in [2.75, 3.05) is 14.2 Å². The average molecular weight is 355 g/mol. The van der Waals surface area contributed by atoms with E-state index >= 15 is 0 Å². The Morgan fingerprint density at radius 2 is 1.92 bits per heavy atom. The Bertz CT molecular complexity index is 907. The number of ether oxygens (including phenoxy) is 2. The molecular weight excluding hydrogens is 337 g/mol. The van der Waals surface area contributed by atoms with E-state index in [2.05, 4.69) is 10.4 Å². The SMILES string of the molecule is COc1ccc(OC)c(CNC(=O)c2cnn(-c3ccc(F)cc3)c2)c1. The summed E-state index contributed by atoms with van der Waals surface area (Å²) in [5.41, 5.74) is 1.86. The lowest BCUT2D eigenvalue weighted by atomic mass is 10.2. The van der Waals surface area contributed by atoms with Gasteiger partial charge < -0.3 is 14.8 Å². The molecule has 2 aromatic carbocycles. The third-order valence-electron chi connectivity index (χ3n) is 3.86. The first-order chi connectivity index (χ1) is 12.6. The number of methoxy groups -OCH3 is 2. The highest BCUT2D eigenvalue weighted by atomic mass is 19.1. The van der Waals surface area contributed by atoms with Crippen molar-refractivity contribution < 1.29 is 18.7 Å². The highest BCUT2D eigenvalue weighted by Crippen LogP contribution is 2.23. The summed E-state index contributed by atoms with van der Waals surface area (Å²) in [4.78, 5) is 12.4. The number of nitrogens with zero attached hydrogens (tertiary/aromatic N) is 2. The van der Waals surface area contributed by atoms with E-state index in [-0.39, 0.29) is 18.3 Å². The van der Waals surface area contributed by atoms with Crippen LogP contribution in [0.2, 0.25) is 0 Å². The molecule has 6 nitrogen and oxygen atoms in total. The number of carbonyl (C=O) groups is 1. The zero-order chi connectivity index (χ0) is 18.5. The number of amides is 1. The molecule has 0 spiro atoms. The lowest BCUT2D eigenvalue weighted by Gasteiger charge is -2.11. The molecule has 3 rings (SSSR count). The molecule has 1 heterocycles. The highest BCUT2D eigenvalue weighted by Gasteiger charge is 2.11. The second kappa shape index (κ2) is 7.69. The summed E-state index contributed by atoms with van der Waals surface area (Å²) in [6.45, 7) is 0.279. The molecular formula is C19H18FN3O3. The van der Waals surface area contributed by atoms with Crippen molar-refractivity contribution in [1.82, 2.24) is 15.1 Å². The normalized spacial score (nSPS) is 10.4. The van der Waals surface area contributed by atoms with Gasteiger partial charge in [0.1, 0.15) is 17.3 Å². The Hall–Kier alpha value is -3.35. The van der Waals surface area contributed by atoms with E-state index in [4.69, 9.17) is 9.47 Å². The van der Waals surface area contributed by atoms with Crippen LogP contribution >= 0.6 is 0 Å². The number of carbonyl (C=O) groups excluding carboxylic acids is 1. The maximum Gasteiger partial charge on any atom is 0.254 e. The Morgan fingerprint density at radius 1 is 1.15 bits per heavy atom. The Balaban J connectivity index is 1.70. The highest BCUT2D eigenvalue weighted by molar-refractivity contribution is 5.93. The quantitative estimate of drug-likeness (QED) is 0.738. The van der Waals surface area contributed by atoms with Crippen molar-refractivity contribution in [2.24, 2.45) is 0 Å². The summed E-state index contributed by atoms with van der Waals surface area (Å²) in [6, 6.07) is 11.2. The standard InChI is InChI=1S/C19H18FN3O3/c1-25-17-7-8-18(26-2)13(9-17)10-21-19(24)14-11-22-23(12-14)16-5-3-15(20)4-6-16/h3-9,11-12H,10H2,1-2H3,(H,21,24). The molecule has 0 fully saturated rings. The molecule has 0 aliphatic heterocycles. The van der Waals surface area contributed by atoms with E-state index < -0.39 is 0 Å². The predicted octanol–water partition coefficient (Wildman–Crippen LogP) is 2.96. The van der Waals surface area contributed by atoms with Gasteiger partial charge in [0.05, 0.1) is 31.7 Å². The van der Waals surface area contributed by atoms with Gasteiger partial charge in [0, 0.05) is 18.3 Å². The van der Waals surface area contributed by atoms with Crippen molar-refractivity contribution in [3.05, 3.63) is 71.8 Å². The van der Waals surface area contributed by atoms with Crippen LogP contribution in [0, 0.1) is 5.82 Å². The monoisotopic (exact) mass is 355 g/mol. The van der Waals surface area contributed by atoms with Gasteiger partial charge in [-0.2, -0.15) is 5.10 Å². The summed E-state index contributed by atoms with van der Waals surface area (Å²) in [7, 11) is 3.15. The van der Waals surface area contributed by atoms with Gasteiger partial charge in [-0.3, -0.25) is 4.79 Å². The van der Waals surface area contributed by atoms with Crippen LogP contribution in [0.3, 0.4) is 0 Å². The fourth-order valence-corrected chi connectivity index (χ4v) is 2.47. The van der Waals surface area contributed by atoms with E-state index in [0.717, 1.165) is 5.56 Å².